The fraction of sp³-hybridized carbons (Fsp3) is 0.933. The molecule has 4 saturated carbocycles. The molecule has 0 atom stereocenters. The molecule has 0 N–H and O–H groups in total. The molecule has 0 spiro atoms. The molecule has 0 saturated heterocycles. The first-order valence-electron chi connectivity index (χ1n) is 7.25. The van der Waals surface area contributed by atoms with Crippen molar-refractivity contribution in [1.29, 1.82) is 5.26 Å². The van der Waals surface area contributed by atoms with Crippen molar-refractivity contribution in [2.24, 2.45) is 23.2 Å². The van der Waals surface area contributed by atoms with Gasteiger partial charge in [0.15, 0.2) is 0 Å². The van der Waals surface area contributed by atoms with Crippen molar-refractivity contribution in [2.75, 3.05) is 20.1 Å². The van der Waals surface area contributed by atoms with Crippen LogP contribution in [-0.2, 0) is 0 Å². The highest BCUT2D eigenvalue weighted by atomic mass is 15.1. The predicted molar refractivity (Wildman–Crippen MR) is 68.3 cm³/mol. The van der Waals surface area contributed by atoms with E-state index in [0.717, 1.165) is 24.3 Å². The van der Waals surface area contributed by atoms with Gasteiger partial charge in [0.1, 0.15) is 0 Å². The summed E-state index contributed by atoms with van der Waals surface area (Å²) in [4.78, 5) is 2.41. The van der Waals surface area contributed by atoms with Gasteiger partial charge in [0.25, 0.3) is 0 Å². The van der Waals surface area contributed by atoms with Crippen LogP contribution >= 0.6 is 0 Å². The van der Waals surface area contributed by atoms with Gasteiger partial charge >= 0.3 is 0 Å². The number of hydrogen-bond acceptors (Lipinski definition) is 2. The molecular weight excluding hydrogens is 208 g/mol. The molecule has 4 rings (SSSR count). The number of nitrogens with zero attached hydrogens (tertiary/aromatic N) is 2. The smallest absolute Gasteiger partial charge is 0.0635 e. The predicted octanol–water partition coefficient (Wildman–Crippen LogP) is 3.05. The molecule has 0 amide bonds. The van der Waals surface area contributed by atoms with Crippen LogP contribution in [0.1, 0.15) is 44.9 Å². The quantitative estimate of drug-likeness (QED) is 0.745. The van der Waals surface area contributed by atoms with Crippen LogP contribution in [0.3, 0.4) is 0 Å². The standard InChI is InChI=1S/C15H24N2/c1-17(4-2-3-16)11-15-8-12-5-13(9-15)7-14(6-12)10-15/h12-14H,2,4-11H2,1H3. The summed E-state index contributed by atoms with van der Waals surface area (Å²) in [6, 6.07) is 2.27. The van der Waals surface area contributed by atoms with Crippen LogP contribution in [0.2, 0.25) is 0 Å². The second-order valence-corrected chi connectivity index (χ2v) is 7.06. The average Bonchev–Trinajstić information content (AvgIpc) is 2.23. The molecule has 0 aliphatic heterocycles. The van der Waals surface area contributed by atoms with Crippen LogP contribution in [0, 0.1) is 34.5 Å². The Balaban J connectivity index is 1.64. The topological polar surface area (TPSA) is 27.0 Å². The third-order valence-corrected chi connectivity index (χ3v) is 5.38. The Bertz CT molecular complexity index is 293. The van der Waals surface area contributed by atoms with E-state index in [1.165, 1.54) is 45.1 Å². The van der Waals surface area contributed by atoms with Crippen LogP contribution in [0.25, 0.3) is 0 Å². The summed E-state index contributed by atoms with van der Waals surface area (Å²) in [5.74, 6) is 3.14. The first kappa shape index (κ1) is 11.5. The highest BCUT2D eigenvalue weighted by molar-refractivity contribution is 5.02. The lowest BCUT2D eigenvalue weighted by molar-refractivity contribution is -0.0659. The fourth-order valence-corrected chi connectivity index (χ4v) is 5.38. The monoisotopic (exact) mass is 232 g/mol. The molecule has 2 nitrogen and oxygen atoms in total. The Morgan fingerprint density at radius 1 is 1.12 bits per heavy atom. The molecule has 94 valence electrons. The van der Waals surface area contributed by atoms with E-state index in [1.54, 1.807) is 0 Å². The first-order chi connectivity index (χ1) is 8.19. The normalized spacial score (nSPS) is 43.0. The second-order valence-electron chi connectivity index (χ2n) is 7.06. The highest BCUT2D eigenvalue weighted by Gasteiger charge is 2.50. The van der Waals surface area contributed by atoms with Crippen LogP contribution in [-0.4, -0.2) is 25.0 Å². The summed E-state index contributed by atoms with van der Waals surface area (Å²) in [6.07, 6.45) is 9.72. The van der Waals surface area contributed by atoms with E-state index in [1.807, 2.05) is 0 Å². The lowest BCUT2D eigenvalue weighted by Crippen LogP contribution is -2.50. The van der Waals surface area contributed by atoms with Crippen molar-refractivity contribution in [3.8, 4) is 6.07 Å². The molecule has 0 radical (unpaired) electrons. The zero-order valence-corrected chi connectivity index (χ0v) is 11.0. The Hall–Kier alpha value is -0.550. The largest absolute Gasteiger partial charge is 0.305 e. The van der Waals surface area contributed by atoms with Gasteiger partial charge in [-0.15, -0.1) is 0 Å². The molecule has 4 bridgehead atoms. The van der Waals surface area contributed by atoms with Gasteiger partial charge in [-0.2, -0.15) is 5.26 Å². The van der Waals surface area contributed by atoms with Gasteiger partial charge in [0.05, 0.1) is 6.07 Å². The van der Waals surface area contributed by atoms with Gasteiger partial charge in [0.2, 0.25) is 0 Å². The Kier molecular flexibility index (Phi) is 2.91. The summed E-state index contributed by atoms with van der Waals surface area (Å²) in [6.45, 7) is 2.20. The summed E-state index contributed by atoms with van der Waals surface area (Å²) in [5.41, 5.74) is 0.638. The Morgan fingerprint density at radius 3 is 2.12 bits per heavy atom. The first-order valence-corrected chi connectivity index (χ1v) is 7.25. The summed E-state index contributed by atoms with van der Waals surface area (Å²) in [7, 11) is 2.20. The van der Waals surface area contributed by atoms with Gasteiger partial charge in [-0.1, -0.05) is 0 Å². The Morgan fingerprint density at radius 2 is 1.65 bits per heavy atom. The van der Waals surface area contributed by atoms with Gasteiger partial charge < -0.3 is 4.90 Å². The minimum atomic E-state index is 0.638. The van der Waals surface area contributed by atoms with E-state index in [9.17, 15) is 0 Å². The number of hydrogen-bond donors (Lipinski definition) is 0. The van der Waals surface area contributed by atoms with E-state index in [0.29, 0.717) is 11.8 Å². The summed E-state index contributed by atoms with van der Waals surface area (Å²) >= 11 is 0. The van der Waals surface area contributed by atoms with Crippen molar-refractivity contribution in [1.82, 2.24) is 4.90 Å². The highest BCUT2D eigenvalue weighted by Crippen LogP contribution is 2.60. The molecule has 4 aliphatic carbocycles. The molecule has 0 aromatic heterocycles. The third-order valence-electron chi connectivity index (χ3n) is 5.38. The zero-order chi connectivity index (χ0) is 11.9. The molecule has 4 fully saturated rings. The second kappa shape index (κ2) is 4.28. The van der Waals surface area contributed by atoms with E-state index in [4.69, 9.17) is 5.26 Å². The average molecular weight is 232 g/mol. The van der Waals surface area contributed by atoms with Crippen molar-refractivity contribution in [3.63, 3.8) is 0 Å². The van der Waals surface area contributed by atoms with Crippen LogP contribution in [0.4, 0.5) is 0 Å². The summed E-state index contributed by atoms with van der Waals surface area (Å²) < 4.78 is 0. The van der Waals surface area contributed by atoms with Gasteiger partial charge in [-0.05, 0) is 68.7 Å². The van der Waals surface area contributed by atoms with Crippen molar-refractivity contribution in [2.45, 2.75) is 44.9 Å². The lowest BCUT2D eigenvalue weighted by Gasteiger charge is -2.57. The minimum absolute atomic E-state index is 0.638. The van der Waals surface area contributed by atoms with Crippen LogP contribution in [0.15, 0.2) is 0 Å². The van der Waals surface area contributed by atoms with Crippen LogP contribution < -0.4 is 0 Å². The maximum absolute atomic E-state index is 8.67. The fourth-order valence-electron chi connectivity index (χ4n) is 5.38. The van der Waals surface area contributed by atoms with E-state index < -0.39 is 0 Å². The molecule has 0 unspecified atom stereocenters. The molecule has 4 aliphatic rings. The molecule has 0 heterocycles. The molecule has 17 heavy (non-hydrogen) atoms. The number of nitriles is 1. The lowest BCUT2D eigenvalue weighted by atomic mass is 9.49. The third kappa shape index (κ3) is 2.22. The van der Waals surface area contributed by atoms with Crippen molar-refractivity contribution < 1.29 is 0 Å². The van der Waals surface area contributed by atoms with Crippen LogP contribution in [0.5, 0.6) is 0 Å². The molecular formula is C15H24N2. The van der Waals surface area contributed by atoms with Gasteiger partial charge in [0, 0.05) is 19.5 Å². The van der Waals surface area contributed by atoms with E-state index in [-0.39, 0.29) is 0 Å². The SMILES string of the molecule is CN(CCC#N)CC12CC3CC(CC(C3)C1)C2. The van der Waals surface area contributed by atoms with Gasteiger partial charge in [-0.25, -0.2) is 0 Å². The maximum Gasteiger partial charge on any atom is 0.0635 e. The maximum atomic E-state index is 8.67. The van der Waals surface area contributed by atoms with Crippen molar-refractivity contribution in [3.05, 3.63) is 0 Å². The molecule has 0 aromatic carbocycles. The number of rotatable bonds is 4. The molecule has 2 heteroatoms. The van der Waals surface area contributed by atoms with Gasteiger partial charge in [-0.3, -0.25) is 0 Å². The zero-order valence-electron chi connectivity index (χ0n) is 11.0. The molecule has 0 aromatic rings. The minimum Gasteiger partial charge on any atom is -0.305 e. The van der Waals surface area contributed by atoms with E-state index in [2.05, 4.69) is 18.0 Å². The Labute approximate surface area is 105 Å². The van der Waals surface area contributed by atoms with E-state index >= 15 is 0 Å². The summed E-state index contributed by atoms with van der Waals surface area (Å²) in [5, 5.41) is 8.67. The van der Waals surface area contributed by atoms with Crippen molar-refractivity contribution >= 4 is 0 Å².